The first-order chi connectivity index (χ1) is 9.16. The molecular formula is C15H13BrN2O. The first-order valence-electron chi connectivity index (χ1n) is 6.04. The number of rotatable bonds is 1. The molecule has 1 aliphatic rings. The zero-order chi connectivity index (χ0) is 13.4. The van der Waals surface area contributed by atoms with Crippen LogP contribution in [0, 0.1) is 0 Å². The summed E-state index contributed by atoms with van der Waals surface area (Å²) in [5.74, 6) is 0. The molecule has 4 heteroatoms. The SMILES string of the molecule is CC1=c2ccccc2=NC(c2ccc(Br)cc2)N1O. The fourth-order valence-corrected chi connectivity index (χ4v) is 2.50. The Bertz CT molecular complexity index is 725. The smallest absolute Gasteiger partial charge is 0.171 e. The average molecular weight is 317 g/mol. The summed E-state index contributed by atoms with van der Waals surface area (Å²) < 4.78 is 1.01. The number of hydrogen-bond acceptors (Lipinski definition) is 3. The van der Waals surface area contributed by atoms with Gasteiger partial charge in [0.15, 0.2) is 6.17 Å². The molecule has 3 nitrogen and oxygen atoms in total. The molecule has 0 amide bonds. The van der Waals surface area contributed by atoms with Crippen molar-refractivity contribution in [3.8, 4) is 0 Å². The number of para-hydroxylation sites is 1. The maximum absolute atomic E-state index is 10.3. The number of hydroxylamine groups is 2. The minimum absolute atomic E-state index is 0.386. The van der Waals surface area contributed by atoms with Gasteiger partial charge in [0.25, 0.3) is 0 Å². The summed E-state index contributed by atoms with van der Waals surface area (Å²) in [7, 11) is 0. The summed E-state index contributed by atoms with van der Waals surface area (Å²) in [5, 5.41) is 13.4. The Hall–Kier alpha value is -1.65. The highest BCUT2D eigenvalue weighted by atomic mass is 79.9. The van der Waals surface area contributed by atoms with Crippen LogP contribution in [0.15, 0.2) is 58.0 Å². The lowest BCUT2D eigenvalue weighted by atomic mass is 10.1. The van der Waals surface area contributed by atoms with E-state index in [2.05, 4.69) is 20.9 Å². The van der Waals surface area contributed by atoms with E-state index in [4.69, 9.17) is 0 Å². The van der Waals surface area contributed by atoms with E-state index in [1.54, 1.807) is 0 Å². The number of nitrogens with zero attached hydrogens (tertiary/aromatic N) is 2. The molecule has 0 spiro atoms. The fourth-order valence-electron chi connectivity index (χ4n) is 2.24. The monoisotopic (exact) mass is 316 g/mol. The standard InChI is InChI=1S/C15H13BrN2O/c1-10-13-4-2-3-5-14(13)17-15(18(10)19)11-6-8-12(16)9-7-11/h2-9,15,19H,1H3. The van der Waals surface area contributed by atoms with Crippen LogP contribution in [-0.4, -0.2) is 10.3 Å². The van der Waals surface area contributed by atoms with Crippen molar-refractivity contribution in [2.75, 3.05) is 0 Å². The average Bonchev–Trinajstić information content (AvgIpc) is 2.44. The van der Waals surface area contributed by atoms with Crippen LogP contribution in [0.2, 0.25) is 0 Å². The molecule has 0 bridgehead atoms. The van der Waals surface area contributed by atoms with Crippen LogP contribution in [0.25, 0.3) is 5.70 Å². The van der Waals surface area contributed by atoms with Gasteiger partial charge < -0.3 is 0 Å². The van der Waals surface area contributed by atoms with Gasteiger partial charge in [0.2, 0.25) is 0 Å². The molecule has 1 N–H and O–H groups in total. The first kappa shape index (κ1) is 12.4. The Morgan fingerprint density at radius 2 is 1.79 bits per heavy atom. The molecule has 0 aromatic heterocycles. The summed E-state index contributed by atoms with van der Waals surface area (Å²) in [5.41, 5.74) is 1.78. The molecule has 0 aliphatic carbocycles. The maximum atomic E-state index is 10.3. The molecule has 0 saturated heterocycles. The normalized spacial score (nSPS) is 17.9. The van der Waals surface area contributed by atoms with Crippen molar-refractivity contribution < 1.29 is 5.21 Å². The van der Waals surface area contributed by atoms with Crippen molar-refractivity contribution in [1.82, 2.24) is 5.06 Å². The fraction of sp³-hybridized carbons (Fsp3) is 0.133. The lowest BCUT2D eigenvalue weighted by molar-refractivity contribution is -0.0706. The van der Waals surface area contributed by atoms with Gasteiger partial charge in [0.05, 0.1) is 11.1 Å². The molecule has 2 aromatic rings. The van der Waals surface area contributed by atoms with Crippen LogP contribution in [0.4, 0.5) is 0 Å². The molecule has 0 radical (unpaired) electrons. The van der Waals surface area contributed by atoms with Gasteiger partial charge in [0.1, 0.15) is 0 Å². The summed E-state index contributed by atoms with van der Waals surface area (Å²) in [6.07, 6.45) is -0.386. The minimum atomic E-state index is -0.386. The van der Waals surface area contributed by atoms with E-state index in [0.29, 0.717) is 0 Å². The number of fused-ring (bicyclic) bond motifs is 1. The lowest BCUT2D eigenvalue weighted by Gasteiger charge is -2.28. The van der Waals surface area contributed by atoms with E-state index in [9.17, 15) is 5.21 Å². The van der Waals surface area contributed by atoms with E-state index in [1.165, 1.54) is 5.06 Å². The Kier molecular flexibility index (Phi) is 3.12. The van der Waals surface area contributed by atoms with Crippen molar-refractivity contribution in [3.05, 3.63) is 69.1 Å². The predicted molar refractivity (Wildman–Crippen MR) is 76.8 cm³/mol. The van der Waals surface area contributed by atoms with E-state index in [-0.39, 0.29) is 6.17 Å². The molecule has 1 aliphatic heterocycles. The van der Waals surface area contributed by atoms with Crippen molar-refractivity contribution in [3.63, 3.8) is 0 Å². The molecule has 96 valence electrons. The van der Waals surface area contributed by atoms with Gasteiger partial charge in [-0.25, -0.2) is 5.06 Å². The molecule has 19 heavy (non-hydrogen) atoms. The van der Waals surface area contributed by atoms with E-state index >= 15 is 0 Å². The van der Waals surface area contributed by atoms with Crippen LogP contribution in [0.1, 0.15) is 18.7 Å². The lowest BCUT2D eigenvalue weighted by Crippen LogP contribution is -2.39. The summed E-state index contributed by atoms with van der Waals surface area (Å²) in [4.78, 5) is 4.62. The van der Waals surface area contributed by atoms with Gasteiger partial charge in [-0.2, -0.15) is 0 Å². The summed E-state index contributed by atoms with van der Waals surface area (Å²) in [6, 6.07) is 15.7. The van der Waals surface area contributed by atoms with Crippen LogP contribution >= 0.6 is 15.9 Å². The third kappa shape index (κ3) is 2.17. The maximum Gasteiger partial charge on any atom is 0.171 e. The predicted octanol–water partition coefficient (Wildman–Crippen LogP) is 2.60. The number of benzene rings is 2. The second-order valence-corrected chi connectivity index (χ2v) is 5.42. The number of hydrogen-bond donors (Lipinski definition) is 1. The molecule has 1 atom stereocenters. The van der Waals surface area contributed by atoms with Gasteiger partial charge in [-0.3, -0.25) is 10.2 Å². The molecule has 1 unspecified atom stereocenters. The highest BCUT2D eigenvalue weighted by molar-refractivity contribution is 9.10. The largest absolute Gasteiger partial charge is 0.286 e. The van der Waals surface area contributed by atoms with Crippen molar-refractivity contribution in [2.24, 2.45) is 4.99 Å². The molecule has 2 aromatic carbocycles. The topological polar surface area (TPSA) is 35.8 Å². The van der Waals surface area contributed by atoms with Crippen LogP contribution in [-0.2, 0) is 0 Å². The van der Waals surface area contributed by atoms with Crippen molar-refractivity contribution in [1.29, 1.82) is 0 Å². The minimum Gasteiger partial charge on any atom is -0.286 e. The van der Waals surface area contributed by atoms with E-state index in [0.717, 1.165) is 26.3 Å². The van der Waals surface area contributed by atoms with Gasteiger partial charge in [-0.1, -0.05) is 46.3 Å². The summed E-state index contributed by atoms with van der Waals surface area (Å²) in [6.45, 7) is 1.90. The second-order valence-electron chi connectivity index (χ2n) is 4.50. The highest BCUT2D eigenvalue weighted by Gasteiger charge is 2.21. The van der Waals surface area contributed by atoms with Crippen molar-refractivity contribution >= 4 is 21.6 Å². The zero-order valence-corrected chi connectivity index (χ0v) is 12.0. The van der Waals surface area contributed by atoms with Crippen molar-refractivity contribution in [2.45, 2.75) is 13.1 Å². The summed E-state index contributed by atoms with van der Waals surface area (Å²) >= 11 is 3.41. The first-order valence-corrected chi connectivity index (χ1v) is 6.83. The Morgan fingerprint density at radius 1 is 1.11 bits per heavy atom. The van der Waals surface area contributed by atoms with E-state index in [1.807, 2.05) is 55.5 Å². The second kappa shape index (κ2) is 4.79. The van der Waals surface area contributed by atoms with Gasteiger partial charge in [-0.05, 0) is 30.7 Å². The molecule has 3 rings (SSSR count). The molecular weight excluding hydrogens is 304 g/mol. The van der Waals surface area contributed by atoms with Crippen LogP contribution in [0.5, 0.6) is 0 Å². The third-order valence-electron chi connectivity index (χ3n) is 3.30. The highest BCUT2D eigenvalue weighted by Crippen LogP contribution is 2.26. The third-order valence-corrected chi connectivity index (χ3v) is 3.83. The molecule has 0 fully saturated rings. The Morgan fingerprint density at radius 3 is 2.53 bits per heavy atom. The Balaban J connectivity index is 2.16. The van der Waals surface area contributed by atoms with Crippen LogP contribution in [0.3, 0.4) is 0 Å². The van der Waals surface area contributed by atoms with Gasteiger partial charge in [-0.15, -0.1) is 0 Å². The Labute approximate surface area is 119 Å². The van der Waals surface area contributed by atoms with Gasteiger partial charge >= 0.3 is 0 Å². The number of halogens is 1. The molecule has 0 saturated carbocycles. The van der Waals surface area contributed by atoms with Crippen LogP contribution < -0.4 is 10.6 Å². The van der Waals surface area contributed by atoms with E-state index < -0.39 is 0 Å². The quantitative estimate of drug-likeness (QED) is 0.878. The van der Waals surface area contributed by atoms with Gasteiger partial charge in [0, 0.05) is 9.69 Å². The zero-order valence-electron chi connectivity index (χ0n) is 10.4. The molecule has 1 heterocycles.